The van der Waals surface area contributed by atoms with E-state index in [1.807, 2.05) is 41.3 Å². The van der Waals surface area contributed by atoms with Crippen molar-refractivity contribution in [1.29, 1.82) is 0 Å². The van der Waals surface area contributed by atoms with Crippen LogP contribution in [0.1, 0.15) is 17.5 Å². The Labute approximate surface area is 176 Å². The van der Waals surface area contributed by atoms with Crippen molar-refractivity contribution in [2.45, 2.75) is 18.7 Å². The molecule has 1 heterocycles. The monoisotopic (exact) mass is 418 g/mol. The van der Waals surface area contributed by atoms with Gasteiger partial charge in [-0.05, 0) is 41.8 Å². The molecule has 0 atom stereocenters. The summed E-state index contributed by atoms with van der Waals surface area (Å²) >= 11 is 7.67. The van der Waals surface area contributed by atoms with Crippen molar-refractivity contribution in [3.05, 3.63) is 64.7 Å². The van der Waals surface area contributed by atoms with Gasteiger partial charge in [0.05, 0.1) is 12.9 Å². The Kier molecular flexibility index (Phi) is 8.07. The van der Waals surface area contributed by atoms with E-state index in [1.165, 1.54) is 5.56 Å². The van der Waals surface area contributed by atoms with Crippen LogP contribution < -0.4 is 4.74 Å². The van der Waals surface area contributed by atoms with Crippen LogP contribution in [0.5, 0.6) is 5.75 Å². The van der Waals surface area contributed by atoms with E-state index in [2.05, 4.69) is 17.0 Å². The lowest BCUT2D eigenvalue weighted by atomic mass is 10.2. The van der Waals surface area contributed by atoms with Crippen molar-refractivity contribution >= 4 is 29.3 Å². The highest BCUT2D eigenvalue weighted by Crippen LogP contribution is 2.18. The molecule has 0 bridgehead atoms. The van der Waals surface area contributed by atoms with Crippen molar-refractivity contribution in [2.24, 2.45) is 0 Å². The molecule has 0 spiro atoms. The predicted molar refractivity (Wildman–Crippen MR) is 117 cm³/mol. The maximum atomic E-state index is 12.6. The van der Waals surface area contributed by atoms with Crippen molar-refractivity contribution in [2.75, 3.05) is 39.0 Å². The first-order valence-corrected chi connectivity index (χ1v) is 11.1. The number of hydrogen-bond acceptors (Lipinski definition) is 4. The average molecular weight is 419 g/mol. The molecule has 1 fully saturated rings. The van der Waals surface area contributed by atoms with Crippen LogP contribution in [0.15, 0.2) is 48.5 Å². The number of carbonyl (C=O) groups is 1. The van der Waals surface area contributed by atoms with Gasteiger partial charge in [0.25, 0.3) is 0 Å². The second-order valence-corrected chi connectivity index (χ2v) is 8.40. The number of halogens is 1. The van der Waals surface area contributed by atoms with Gasteiger partial charge in [-0.25, -0.2) is 0 Å². The number of methoxy groups -OCH3 is 1. The largest absolute Gasteiger partial charge is 0.497 e. The fourth-order valence-electron chi connectivity index (χ4n) is 3.34. The topological polar surface area (TPSA) is 32.8 Å². The Morgan fingerprint density at radius 3 is 2.64 bits per heavy atom. The summed E-state index contributed by atoms with van der Waals surface area (Å²) in [4.78, 5) is 17.0. The number of thioether (sulfide) groups is 1. The summed E-state index contributed by atoms with van der Waals surface area (Å²) < 4.78 is 5.22. The molecule has 0 N–H and O–H groups in total. The van der Waals surface area contributed by atoms with Gasteiger partial charge >= 0.3 is 0 Å². The van der Waals surface area contributed by atoms with Gasteiger partial charge in [-0.15, -0.1) is 11.8 Å². The summed E-state index contributed by atoms with van der Waals surface area (Å²) in [5.41, 5.74) is 2.43. The summed E-state index contributed by atoms with van der Waals surface area (Å²) in [6, 6.07) is 16.1. The third-order valence-electron chi connectivity index (χ3n) is 4.89. The molecule has 2 aromatic carbocycles. The van der Waals surface area contributed by atoms with Gasteiger partial charge in [0.1, 0.15) is 5.75 Å². The molecule has 3 rings (SSSR count). The van der Waals surface area contributed by atoms with E-state index in [0.717, 1.165) is 61.2 Å². The predicted octanol–water partition coefficient (Wildman–Crippen LogP) is 4.32. The van der Waals surface area contributed by atoms with Gasteiger partial charge in [-0.3, -0.25) is 9.69 Å². The first-order chi connectivity index (χ1) is 13.6. The fourth-order valence-corrected chi connectivity index (χ4v) is 4.43. The zero-order valence-corrected chi connectivity index (χ0v) is 17.8. The van der Waals surface area contributed by atoms with Crippen LogP contribution in [0.2, 0.25) is 5.02 Å². The molecule has 0 saturated carbocycles. The third kappa shape index (κ3) is 6.43. The van der Waals surface area contributed by atoms with Crippen LogP contribution in [0.3, 0.4) is 0 Å². The molecule has 4 nitrogen and oxygen atoms in total. The lowest BCUT2D eigenvalue weighted by Gasteiger charge is -2.22. The molecule has 0 unspecified atom stereocenters. The lowest BCUT2D eigenvalue weighted by Crippen LogP contribution is -2.36. The van der Waals surface area contributed by atoms with Crippen molar-refractivity contribution in [3.63, 3.8) is 0 Å². The van der Waals surface area contributed by atoms with Gasteiger partial charge in [-0.1, -0.05) is 35.9 Å². The molecular formula is C22H27ClN2O2S. The van der Waals surface area contributed by atoms with Crippen LogP contribution in [-0.2, 0) is 17.1 Å². The molecule has 1 saturated heterocycles. The van der Waals surface area contributed by atoms with E-state index >= 15 is 0 Å². The van der Waals surface area contributed by atoms with Gasteiger partial charge in [-0.2, -0.15) is 0 Å². The van der Waals surface area contributed by atoms with Crippen molar-refractivity contribution < 1.29 is 9.53 Å². The number of nitrogens with zero attached hydrogens (tertiary/aromatic N) is 2. The molecule has 0 aromatic heterocycles. The molecule has 0 aliphatic carbocycles. The smallest absolute Gasteiger partial charge is 0.232 e. The minimum Gasteiger partial charge on any atom is -0.497 e. The van der Waals surface area contributed by atoms with Crippen LogP contribution in [0, 0.1) is 0 Å². The van der Waals surface area contributed by atoms with Gasteiger partial charge in [0.2, 0.25) is 5.91 Å². The minimum absolute atomic E-state index is 0.235. The summed E-state index contributed by atoms with van der Waals surface area (Å²) in [6.45, 7) is 4.49. The van der Waals surface area contributed by atoms with Gasteiger partial charge < -0.3 is 9.64 Å². The highest BCUT2D eigenvalue weighted by atomic mass is 35.5. The van der Waals surface area contributed by atoms with E-state index < -0.39 is 0 Å². The Balaban J connectivity index is 1.42. The maximum Gasteiger partial charge on any atom is 0.232 e. The van der Waals surface area contributed by atoms with Crippen molar-refractivity contribution in [1.82, 2.24) is 9.80 Å². The normalized spacial score (nSPS) is 15.3. The Morgan fingerprint density at radius 1 is 1.07 bits per heavy atom. The number of ether oxygens (including phenoxy) is 1. The second kappa shape index (κ2) is 10.7. The molecule has 1 aliphatic rings. The maximum absolute atomic E-state index is 12.6. The minimum atomic E-state index is 0.235. The summed E-state index contributed by atoms with van der Waals surface area (Å²) in [6.07, 6.45) is 1.01. The van der Waals surface area contributed by atoms with Crippen LogP contribution in [0.4, 0.5) is 0 Å². The molecule has 1 aliphatic heterocycles. The summed E-state index contributed by atoms with van der Waals surface area (Å²) in [7, 11) is 1.68. The van der Waals surface area contributed by atoms with E-state index in [1.54, 1.807) is 18.9 Å². The highest BCUT2D eigenvalue weighted by molar-refractivity contribution is 7.99. The molecule has 2 aromatic rings. The molecule has 0 radical (unpaired) electrons. The summed E-state index contributed by atoms with van der Waals surface area (Å²) in [5, 5.41) is 0.744. The zero-order valence-electron chi connectivity index (χ0n) is 16.3. The molecule has 28 heavy (non-hydrogen) atoms. The Hall–Kier alpha value is -1.69. The van der Waals surface area contributed by atoms with Crippen molar-refractivity contribution in [3.8, 4) is 5.75 Å². The Bertz CT molecular complexity index is 769. The first kappa shape index (κ1) is 21.0. The second-order valence-electron chi connectivity index (χ2n) is 6.98. The zero-order chi connectivity index (χ0) is 19.8. The molecule has 6 heteroatoms. The molecular weight excluding hydrogens is 392 g/mol. The molecule has 150 valence electrons. The van der Waals surface area contributed by atoms with E-state index in [0.29, 0.717) is 5.75 Å². The van der Waals surface area contributed by atoms with Gasteiger partial charge in [0.15, 0.2) is 0 Å². The third-order valence-corrected chi connectivity index (χ3v) is 6.11. The Morgan fingerprint density at radius 2 is 1.89 bits per heavy atom. The number of benzene rings is 2. The number of hydrogen-bond donors (Lipinski definition) is 0. The SMILES string of the molecule is COc1ccc(CN2CCCN(C(=O)CSCc3cccc(Cl)c3)CC2)cc1. The first-order valence-electron chi connectivity index (χ1n) is 9.59. The lowest BCUT2D eigenvalue weighted by molar-refractivity contribution is -0.128. The van der Waals surface area contributed by atoms with Gasteiger partial charge in [0, 0.05) is 43.5 Å². The van der Waals surface area contributed by atoms with E-state index in [-0.39, 0.29) is 5.91 Å². The summed E-state index contributed by atoms with van der Waals surface area (Å²) in [5.74, 6) is 2.44. The standard InChI is InChI=1S/C22H27ClN2O2S/c1-27-21-8-6-18(7-9-21)15-24-10-3-11-25(13-12-24)22(26)17-28-16-19-4-2-5-20(23)14-19/h2,4-9,14H,3,10-13,15-17H2,1H3. The highest BCUT2D eigenvalue weighted by Gasteiger charge is 2.19. The number of carbonyl (C=O) groups excluding carboxylic acids is 1. The van der Waals surface area contributed by atoms with E-state index in [4.69, 9.17) is 16.3 Å². The van der Waals surface area contributed by atoms with Crippen LogP contribution in [0.25, 0.3) is 0 Å². The van der Waals surface area contributed by atoms with Crippen LogP contribution in [-0.4, -0.2) is 54.7 Å². The van der Waals surface area contributed by atoms with Crippen LogP contribution >= 0.6 is 23.4 Å². The number of rotatable bonds is 7. The average Bonchev–Trinajstić information content (AvgIpc) is 2.94. The van der Waals surface area contributed by atoms with E-state index in [9.17, 15) is 4.79 Å². The molecule has 1 amide bonds. The quantitative estimate of drug-likeness (QED) is 0.670. The number of amides is 1. The fraction of sp³-hybridized carbons (Fsp3) is 0.409.